The number of fused-ring (bicyclic) bond motifs is 1. The average Bonchev–Trinajstić information content (AvgIpc) is 2.69. The van der Waals surface area contributed by atoms with Gasteiger partial charge in [0, 0.05) is 24.2 Å². The molecule has 2 heterocycles. The van der Waals surface area contributed by atoms with Gasteiger partial charge in [-0.2, -0.15) is 0 Å². The summed E-state index contributed by atoms with van der Waals surface area (Å²) in [7, 11) is 0. The number of carbonyl (C=O) groups excluding carboxylic acids is 1. The first-order chi connectivity index (χ1) is 10.2. The molecule has 1 saturated heterocycles. The van der Waals surface area contributed by atoms with Gasteiger partial charge in [-0.3, -0.25) is 9.78 Å². The van der Waals surface area contributed by atoms with Gasteiger partial charge in [-0.15, -0.1) is 0 Å². The molecule has 4 heteroatoms. The van der Waals surface area contributed by atoms with Gasteiger partial charge in [-0.1, -0.05) is 12.1 Å². The molecule has 1 fully saturated rings. The molecule has 2 aromatic rings. The van der Waals surface area contributed by atoms with E-state index in [1.165, 1.54) is 5.56 Å². The molecule has 1 aliphatic heterocycles. The molecule has 110 valence electrons. The molecule has 1 amide bonds. The van der Waals surface area contributed by atoms with Crippen LogP contribution in [0.3, 0.4) is 0 Å². The highest BCUT2D eigenvalue weighted by Gasteiger charge is 2.19. The lowest BCUT2D eigenvalue weighted by molar-refractivity contribution is -0.122. The Morgan fingerprint density at radius 3 is 3.10 bits per heavy atom. The number of carbonyl (C=O) groups is 1. The number of amides is 1. The average molecular weight is 283 g/mol. The number of nitrogens with zero attached hydrogens (tertiary/aromatic N) is 1. The zero-order valence-corrected chi connectivity index (χ0v) is 12.4. The second-order valence-electron chi connectivity index (χ2n) is 5.70. The van der Waals surface area contributed by atoms with Crippen molar-refractivity contribution in [2.24, 2.45) is 0 Å². The third-order valence-corrected chi connectivity index (χ3v) is 3.98. The molecule has 1 aliphatic rings. The molecule has 0 radical (unpaired) electrons. The number of aromatic nitrogens is 1. The van der Waals surface area contributed by atoms with Gasteiger partial charge in [0.15, 0.2) is 0 Å². The Morgan fingerprint density at radius 1 is 1.29 bits per heavy atom. The standard InChI is InChI=1S/C17H21N3O/c1-12-5-7-14-10-13(6-8-15(14)20-12)11-19-16-4-2-3-9-18-17(16)21/h5-8,10,16,19H,2-4,9,11H2,1H3,(H,18,21). The predicted molar refractivity (Wildman–Crippen MR) is 84.0 cm³/mol. The van der Waals surface area contributed by atoms with Gasteiger partial charge in [0.05, 0.1) is 11.6 Å². The van der Waals surface area contributed by atoms with E-state index in [2.05, 4.69) is 33.8 Å². The highest BCUT2D eigenvalue weighted by Crippen LogP contribution is 2.15. The van der Waals surface area contributed by atoms with E-state index in [0.717, 1.165) is 42.4 Å². The molecule has 0 aliphatic carbocycles. The van der Waals surface area contributed by atoms with E-state index in [9.17, 15) is 4.79 Å². The van der Waals surface area contributed by atoms with Crippen LogP contribution in [0.2, 0.25) is 0 Å². The van der Waals surface area contributed by atoms with Crippen molar-refractivity contribution < 1.29 is 4.79 Å². The van der Waals surface area contributed by atoms with Crippen LogP contribution in [-0.4, -0.2) is 23.5 Å². The fraction of sp³-hybridized carbons (Fsp3) is 0.412. The molecule has 1 aromatic heterocycles. The predicted octanol–water partition coefficient (Wildman–Crippen LogP) is 2.30. The highest BCUT2D eigenvalue weighted by molar-refractivity contribution is 5.82. The Bertz CT molecular complexity index is 654. The molecule has 1 atom stereocenters. The van der Waals surface area contributed by atoms with Gasteiger partial charge in [0.1, 0.15) is 0 Å². The summed E-state index contributed by atoms with van der Waals surface area (Å²) in [5.41, 5.74) is 3.24. The molecule has 1 unspecified atom stereocenters. The van der Waals surface area contributed by atoms with Gasteiger partial charge in [-0.05, 0) is 49.9 Å². The van der Waals surface area contributed by atoms with Crippen molar-refractivity contribution >= 4 is 16.8 Å². The molecule has 3 rings (SSSR count). The normalized spacial score (nSPS) is 19.3. The van der Waals surface area contributed by atoms with Crippen LogP contribution in [0.4, 0.5) is 0 Å². The lowest BCUT2D eigenvalue weighted by Gasteiger charge is -2.15. The van der Waals surface area contributed by atoms with Crippen LogP contribution >= 0.6 is 0 Å². The summed E-state index contributed by atoms with van der Waals surface area (Å²) >= 11 is 0. The molecular formula is C17H21N3O. The van der Waals surface area contributed by atoms with Crippen molar-refractivity contribution in [2.75, 3.05) is 6.54 Å². The Balaban J connectivity index is 1.70. The van der Waals surface area contributed by atoms with Crippen LogP contribution in [0.5, 0.6) is 0 Å². The minimum Gasteiger partial charge on any atom is -0.355 e. The van der Waals surface area contributed by atoms with E-state index in [-0.39, 0.29) is 11.9 Å². The summed E-state index contributed by atoms with van der Waals surface area (Å²) in [6, 6.07) is 10.3. The molecule has 2 N–H and O–H groups in total. The van der Waals surface area contributed by atoms with Crippen molar-refractivity contribution in [3.05, 3.63) is 41.6 Å². The van der Waals surface area contributed by atoms with E-state index >= 15 is 0 Å². The van der Waals surface area contributed by atoms with Crippen LogP contribution in [-0.2, 0) is 11.3 Å². The van der Waals surface area contributed by atoms with Crippen molar-refractivity contribution in [1.82, 2.24) is 15.6 Å². The summed E-state index contributed by atoms with van der Waals surface area (Å²) < 4.78 is 0. The van der Waals surface area contributed by atoms with Gasteiger partial charge in [0.25, 0.3) is 0 Å². The first-order valence-electron chi connectivity index (χ1n) is 7.60. The van der Waals surface area contributed by atoms with Crippen molar-refractivity contribution in [3.8, 4) is 0 Å². The van der Waals surface area contributed by atoms with E-state index in [1.807, 2.05) is 19.1 Å². The molecular weight excluding hydrogens is 262 g/mol. The van der Waals surface area contributed by atoms with Crippen LogP contribution in [0.25, 0.3) is 10.9 Å². The van der Waals surface area contributed by atoms with Gasteiger partial charge < -0.3 is 10.6 Å². The maximum absolute atomic E-state index is 11.9. The van der Waals surface area contributed by atoms with E-state index in [1.54, 1.807) is 0 Å². The topological polar surface area (TPSA) is 54.0 Å². The molecule has 21 heavy (non-hydrogen) atoms. The smallest absolute Gasteiger partial charge is 0.237 e. The number of nitrogens with one attached hydrogen (secondary N) is 2. The summed E-state index contributed by atoms with van der Waals surface area (Å²) in [6.07, 6.45) is 3.09. The second-order valence-corrected chi connectivity index (χ2v) is 5.70. The monoisotopic (exact) mass is 283 g/mol. The third kappa shape index (κ3) is 3.39. The number of rotatable bonds is 3. The number of aryl methyl sites for hydroxylation is 1. The fourth-order valence-corrected chi connectivity index (χ4v) is 2.76. The number of hydrogen-bond acceptors (Lipinski definition) is 3. The molecule has 4 nitrogen and oxygen atoms in total. The minimum atomic E-state index is -0.0701. The first-order valence-corrected chi connectivity index (χ1v) is 7.60. The largest absolute Gasteiger partial charge is 0.355 e. The van der Waals surface area contributed by atoms with Crippen LogP contribution in [0, 0.1) is 6.92 Å². The van der Waals surface area contributed by atoms with Crippen LogP contribution < -0.4 is 10.6 Å². The van der Waals surface area contributed by atoms with Gasteiger partial charge >= 0.3 is 0 Å². The first kappa shape index (κ1) is 14.0. The van der Waals surface area contributed by atoms with Crippen molar-refractivity contribution in [1.29, 1.82) is 0 Å². The van der Waals surface area contributed by atoms with E-state index in [4.69, 9.17) is 0 Å². The Kier molecular flexibility index (Phi) is 4.15. The SMILES string of the molecule is Cc1ccc2cc(CNC3CCCCNC3=O)ccc2n1. The summed E-state index contributed by atoms with van der Waals surface area (Å²) in [6.45, 7) is 3.51. The Hall–Kier alpha value is -1.94. The maximum Gasteiger partial charge on any atom is 0.237 e. The van der Waals surface area contributed by atoms with E-state index < -0.39 is 0 Å². The molecule has 1 aromatic carbocycles. The number of benzene rings is 1. The van der Waals surface area contributed by atoms with Crippen LogP contribution in [0.1, 0.15) is 30.5 Å². The van der Waals surface area contributed by atoms with Crippen molar-refractivity contribution in [3.63, 3.8) is 0 Å². The lowest BCUT2D eigenvalue weighted by atomic mass is 10.1. The van der Waals surface area contributed by atoms with Crippen molar-refractivity contribution in [2.45, 2.75) is 38.8 Å². The summed E-state index contributed by atoms with van der Waals surface area (Å²) in [5, 5.41) is 7.47. The Morgan fingerprint density at radius 2 is 2.19 bits per heavy atom. The maximum atomic E-state index is 11.9. The molecule has 0 bridgehead atoms. The van der Waals surface area contributed by atoms with Gasteiger partial charge in [-0.25, -0.2) is 0 Å². The fourth-order valence-electron chi connectivity index (χ4n) is 2.76. The number of hydrogen-bond donors (Lipinski definition) is 2. The number of pyridine rings is 1. The van der Waals surface area contributed by atoms with Crippen LogP contribution in [0.15, 0.2) is 30.3 Å². The summed E-state index contributed by atoms with van der Waals surface area (Å²) in [5.74, 6) is 0.130. The molecule has 0 spiro atoms. The second kappa shape index (κ2) is 6.22. The third-order valence-electron chi connectivity index (χ3n) is 3.98. The highest BCUT2D eigenvalue weighted by atomic mass is 16.2. The zero-order valence-electron chi connectivity index (χ0n) is 12.4. The van der Waals surface area contributed by atoms with E-state index in [0.29, 0.717) is 6.54 Å². The minimum absolute atomic E-state index is 0.0701. The lowest BCUT2D eigenvalue weighted by Crippen LogP contribution is -2.42. The molecule has 0 saturated carbocycles. The van der Waals surface area contributed by atoms with Gasteiger partial charge in [0.2, 0.25) is 5.91 Å². The summed E-state index contributed by atoms with van der Waals surface area (Å²) in [4.78, 5) is 16.4. The Labute approximate surface area is 125 Å². The zero-order chi connectivity index (χ0) is 14.7. The quantitative estimate of drug-likeness (QED) is 0.909.